The normalized spacial score (nSPS) is 17.8. The number of aromatic nitrogens is 1. The lowest BCUT2D eigenvalue weighted by atomic mass is 10.0. The van der Waals surface area contributed by atoms with Crippen LogP contribution in [0.4, 0.5) is 10.1 Å². The predicted molar refractivity (Wildman–Crippen MR) is 172 cm³/mol. The Labute approximate surface area is 257 Å². The van der Waals surface area contributed by atoms with Gasteiger partial charge in [0.1, 0.15) is 5.02 Å². The molecule has 1 aliphatic heterocycles. The summed E-state index contributed by atoms with van der Waals surface area (Å²) in [5.41, 5.74) is 2.70. The van der Waals surface area contributed by atoms with Crippen molar-refractivity contribution in [3.63, 3.8) is 0 Å². The van der Waals surface area contributed by atoms with Gasteiger partial charge in [0.2, 0.25) is 5.78 Å². The fraction of sp³-hybridized carbons (Fsp3) is 0.333. The van der Waals surface area contributed by atoms with Gasteiger partial charge >= 0.3 is 0 Å². The smallest absolute Gasteiger partial charge is 0.261 e. The van der Waals surface area contributed by atoms with E-state index >= 15 is 4.39 Å². The molecule has 0 aliphatic carbocycles. The van der Waals surface area contributed by atoms with Crippen LogP contribution in [0, 0.1) is 5.82 Å². The molecule has 0 N–H and O–H groups in total. The monoisotopic (exact) mass is 622 g/mol. The zero-order valence-electron chi connectivity index (χ0n) is 24.6. The molecule has 0 saturated carbocycles. The average molecular weight is 623 g/mol. The van der Waals surface area contributed by atoms with Crippen molar-refractivity contribution >= 4 is 53.1 Å². The lowest BCUT2D eigenvalue weighted by molar-refractivity contribution is -0.00532. The molecule has 220 valence electrons. The van der Waals surface area contributed by atoms with Crippen molar-refractivity contribution in [1.82, 2.24) is 4.98 Å². The number of rotatable bonds is 8. The highest BCUT2D eigenvalue weighted by molar-refractivity contribution is 7.12. The molecule has 5 rings (SSSR count). The van der Waals surface area contributed by atoms with Crippen LogP contribution in [0.15, 0.2) is 78.4 Å². The van der Waals surface area contributed by atoms with Crippen molar-refractivity contribution in [2.75, 3.05) is 18.0 Å². The van der Waals surface area contributed by atoms with Gasteiger partial charge in [0, 0.05) is 24.8 Å². The van der Waals surface area contributed by atoms with E-state index in [-0.39, 0.29) is 34.4 Å². The Kier molecular flexibility index (Phi) is 9.01. The first-order valence-electron chi connectivity index (χ1n) is 14.1. The molecule has 5 nitrogen and oxygen atoms in total. The van der Waals surface area contributed by atoms with Gasteiger partial charge in [-0.05, 0) is 35.3 Å². The summed E-state index contributed by atoms with van der Waals surface area (Å²) in [6.07, 6.45) is 1.31. The Morgan fingerprint density at radius 2 is 1.64 bits per heavy atom. The average Bonchev–Trinajstić information content (AvgIpc) is 3.50. The van der Waals surface area contributed by atoms with Crippen LogP contribution in [0.3, 0.4) is 0 Å². The lowest BCUT2D eigenvalue weighted by Gasteiger charge is -2.43. The van der Waals surface area contributed by atoms with Crippen LogP contribution < -0.4 is 15.3 Å². The van der Waals surface area contributed by atoms with Crippen LogP contribution >= 0.6 is 22.9 Å². The highest BCUT2D eigenvalue weighted by atomic mass is 35.5. The number of carbonyl (C=O) groups is 1. The Morgan fingerprint density at radius 1 is 1.07 bits per heavy atom. The third kappa shape index (κ3) is 5.83. The van der Waals surface area contributed by atoms with E-state index in [0.717, 1.165) is 10.4 Å². The van der Waals surface area contributed by atoms with Crippen LogP contribution in [0.1, 0.15) is 55.4 Å². The van der Waals surface area contributed by atoms with Gasteiger partial charge < -0.3 is 14.1 Å². The Balaban J connectivity index is 1.68. The zero-order valence-corrected chi connectivity index (χ0v) is 27.1. The van der Waals surface area contributed by atoms with Crippen LogP contribution in [0.5, 0.6) is 0 Å². The van der Waals surface area contributed by atoms with Gasteiger partial charge in [-0.15, -0.1) is 11.3 Å². The fourth-order valence-corrected chi connectivity index (χ4v) is 11.5. The van der Waals surface area contributed by atoms with Crippen LogP contribution in [-0.2, 0) is 15.8 Å². The first-order chi connectivity index (χ1) is 20.0. The molecule has 0 unspecified atom stereocenters. The minimum absolute atomic E-state index is 0.0724. The maximum Gasteiger partial charge on any atom is 0.261 e. The number of thiazole rings is 1. The number of ether oxygens (including phenoxy) is 1. The molecule has 0 spiro atoms. The third-order valence-electron chi connectivity index (χ3n) is 7.76. The van der Waals surface area contributed by atoms with Gasteiger partial charge in [-0.3, -0.25) is 9.78 Å². The van der Waals surface area contributed by atoms with Crippen molar-refractivity contribution < 1.29 is 18.3 Å². The molecule has 0 radical (unpaired) electrons. The highest BCUT2D eigenvalue weighted by Gasteiger charge is 2.50. The molecular weight excluding hydrogens is 587 g/mol. The van der Waals surface area contributed by atoms with Gasteiger partial charge in [0.15, 0.2) is 5.82 Å². The number of carbonyl (C=O) groups excluding carboxylic acids is 1. The van der Waals surface area contributed by atoms with Gasteiger partial charge in [-0.2, -0.15) is 0 Å². The van der Waals surface area contributed by atoms with Crippen LogP contribution in [0.2, 0.25) is 10.1 Å². The standard InChI is InChI=1S/C33H36ClFN2O3SSi/c1-22-18-37(19-23(2)40-22)31-24(16-27(30(35)29(31)34)32(38)28-17-36-21-41-28)20-39-42(33(3,4)5,25-12-8-6-9-13-25)26-14-10-7-11-15-26/h6-17,21-23H,18-20H2,1-5H3/t22-,23+. The molecule has 1 aliphatic rings. The van der Waals surface area contributed by atoms with E-state index in [1.54, 1.807) is 11.6 Å². The minimum atomic E-state index is -2.93. The van der Waals surface area contributed by atoms with Crippen LogP contribution in [-0.4, -0.2) is 44.4 Å². The molecule has 2 atom stereocenters. The van der Waals surface area contributed by atoms with Crippen molar-refractivity contribution in [3.8, 4) is 0 Å². The maximum atomic E-state index is 16.0. The van der Waals surface area contributed by atoms with E-state index < -0.39 is 19.9 Å². The Bertz CT molecular complexity index is 1480. The van der Waals surface area contributed by atoms with Gasteiger partial charge in [0.05, 0.1) is 40.5 Å². The van der Waals surface area contributed by atoms with Gasteiger partial charge in [-0.1, -0.05) is 93.0 Å². The van der Waals surface area contributed by atoms with Crippen molar-refractivity contribution in [2.24, 2.45) is 0 Å². The molecule has 9 heteroatoms. The largest absolute Gasteiger partial charge is 0.403 e. The molecular formula is C33H36ClFN2O3SSi. The summed E-state index contributed by atoms with van der Waals surface area (Å²) in [6, 6.07) is 22.3. The summed E-state index contributed by atoms with van der Waals surface area (Å²) in [5, 5.41) is 1.93. The number of hydrogen-bond acceptors (Lipinski definition) is 6. The van der Waals surface area contributed by atoms with E-state index in [0.29, 0.717) is 29.2 Å². The number of hydrogen-bond donors (Lipinski definition) is 0. The lowest BCUT2D eigenvalue weighted by Crippen LogP contribution is -2.66. The first kappa shape index (κ1) is 30.6. The molecule has 2 heterocycles. The SMILES string of the molecule is C[C@@H]1CN(c2c(CO[Si](c3ccccc3)(c3ccccc3)C(C)(C)C)cc(C(=O)c3cncs3)c(F)c2Cl)C[C@H](C)O1. The molecule has 1 fully saturated rings. The Morgan fingerprint density at radius 3 is 2.14 bits per heavy atom. The second-order valence-electron chi connectivity index (χ2n) is 11.9. The van der Waals surface area contributed by atoms with E-state index in [1.165, 1.54) is 17.5 Å². The number of ketones is 1. The number of anilines is 1. The first-order valence-corrected chi connectivity index (χ1v) is 17.3. The summed E-state index contributed by atoms with van der Waals surface area (Å²) in [6.45, 7) is 11.8. The van der Waals surface area contributed by atoms with E-state index in [2.05, 4.69) is 54.9 Å². The molecule has 42 heavy (non-hydrogen) atoms. The number of nitrogens with zero attached hydrogens (tertiary/aromatic N) is 2. The highest BCUT2D eigenvalue weighted by Crippen LogP contribution is 2.41. The van der Waals surface area contributed by atoms with E-state index in [9.17, 15) is 4.79 Å². The third-order valence-corrected chi connectivity index (χ3v) is 13.9. The quantitative estimate of drug-likeness (QED) is 0.159. The van der Waals surface area contributed by atoms with Gasteiger partial charge in [-0.25, -0.2) is 4.39 Å². The fourth-order valence-electron chi connectivity index (χ4n) is 6.05. The number of morpholine rings is 1. The molecule has 4 aromatic rings. The zero-order chi connectivity index (χ0) is 30.1. The molecule has 1 aromatic heterocycles. The van der Waals surface area contributed by atoms with E-state index in [4.69, 9.17) is 20.8 Å². The van der Waals surface area contributed by atoms with Crippen molar-refractivity contribution in [2.45, 2.75) is 58.5 Å². The van der Waals surface area contributed by atoms with Crippen molar-refractivity contribution in [1.29, 1.82) is 0 Å². The number of halogens is 2. The second-order valence-corrected chi connectivity index (χ2v) is 17.4. The maximum absolute atomic E-state index is 16.0. The molecule has 1 saturated heterocycles. The summed E-state index contributed by atoms with van der Waals surface area (Å²) < 4.78 is 29.2. The second kappa shape index (κ2) is 12.4. The number of benzene rings is 3. The predicted octanol–water partition coefficient (Wildman–Crippen LogP) is 6.86. The molecule has 0 bridgehead atoms. The Hall–Kier alpha value is -2.88. The molecule has 3 aromatic carbocycles. The van der Waals surface area contributed by atoms with Crippen LogP contribution in [0.25, 0.3) is 0 Å². The topological polar surface area (TPSA) is 51.7 Å². The summed E-state index contributed by atoms with van der Waals surface area (Å²) in [5.74, 6) is -1.18. The summed E-state index contributed by atoms with van der Waals surface area (Å²) in [7, 11) is -2.93. The van der Waals surface area contributed by atoms with Crippen molar-refractivity contribution in [3.05, 3.63) is 105 Å². The van der Waals surface area contributed by atoms with Gasteiger partial charge in [0.25, 0.3) is 8.32 Å². The van der Waals surface area contributed by atoms with E-state index in [1.807, 2.05) is 50.2 Å². The molecule has 0 amide bonds. The minimum Gasteiger partial charge on any atom is -0.403 e. The summed E-state index contributed by atoms with van der Waals surface area (Å²) in [4.78, 5) is 19.9. The summed E-state index contributed by atoms with van der Waals surface area (Å²) >= 11 is 8.02.